The topological polar surface area (TPSA) is 48.3 Å². The zero-order chi connectivity index (χ0) is 15.4. The molecule has 5 heteroatoms. The van der Waals surface area contributed by atoms with E-state index in [4.69, 9.17) is 9.47 Å². The van der Waals surface area contributed by atoms with Crippen molar-refractivity contribution in [1.82, 2.24) is 15.1 Å². The van der Waals surface area contributed by atoms with Gasteiger partial charge in [-0.05, 0) is 37.1 Å². The number of hydrogen-bond donors (Lipinski definition) is 1. The van der Waals surface area contributed by atoms with E-state index >= 15 is 0 Å². The van der Waals surface area contributed by atoms with E-state index in [0.29, 0.717) is 12.6 Å². The molecule has 1 aliphatic rings. The molecule has 3 rings (SSSR count). The van der Waals surface area contributed by atoms with Gasteiger partial charge < -0.3 is 14.8 Å². The average Bonchev–Trinajstić information content (AvgIpc) is 3.14. The smallest absolute Gasteiger partial charge is 0.119 e. The van der Waals surface area contributed by atoms with E-state index in [1.54, 1.807) is 0 Å². The van der Waals surface area contributed by atoms with Crippen molar-refractivity contribution in [3.8, 4) is 5.75 Å². The number of aryl methyl sites for hydroxylation is 1. The van der Waals surface area contributed by atoms with Crippen molar-refractivity contribution in [3.05, 3.63) is 47.8 Å². The second-order valence-corrected chi connectivity index (χ2v) is 5.53. The first-order valence-electron chi connectivity index (χ1n) is 7.82. The van der Waals surface area contributed by atoms with Crippen LogP contribution in [0.15, 0.2) is 36.5 Å². The van der Waals surface area contributed by atoms with Crippen LogP contribution in [-0.4, -0.2) is 29.0 Å². The lowest BCUT2D eigenvalue weighted by atomic mass is 10.1. The first-order valence-corrected chi connectivity index (χ1v) is 7.82. The zero-order valence-corrected chi connectivity index (χ0v) is 13.2. The number of nitrogens with one attached hydrogen (secondary N) is 1. The summed E-state index contributed by atoms with van der Waals surface area (Å²) in [4.78, 5) is 0. The molecule has 22 heavy (non-hydrogen) atoms. The van der Waals surface area contributed by atoms with Gasteiger partial charge in [-0.3, -0.25) is 4.68 Å². The summed E-state index contributed by atoms with van der Waals surface area (Å²) in [5.41, 5.74) is 2.35. The van der Waals surface area contributed by atoms with Gasteiger partial charge >= 0.3 is 0 Å². The van der Waals surface area contributed by atoms with Crippen LogP contribution < -0.4 is 10.1 Å². The fraction of sp³-hybridized carbons (Fsp3) is 0.471. The van der Waals surface area contributed by atoms with Gasteiger partial charge in [-0.15, -0.1) is 0 Å². The predicted octanol–water partition coefficient (Wildman–Crippen LogP) is 2.44. The Labute approximate surface area is 131 Å². The second kappa shape index (κ2) is 6.94. The van der Waals surface area contributed by atoms with Gasteiger partial charge in [0.25, 0.3) is 0 Å². The van der Waals surface area contributed by atoms with Crippen LogP contribution in [0.1, 0.15) is 30.7 Å². The summed E-state index contributed by atoms with van der Waals surface area (Å²) in [7, 11) is 1.96. The molecule has 0 unspecified atom stereocenters. The maximum absolute atomic E-state index is 5.89. The molecule has 1 aromatic heterocycles. The molecule has 1 aliphatic heterocycles. The molecule has 1 fully saturated rings. The lowest BCUT2D eigenvalue weighted by Gasteiger charge is -2.20. The Bertz CT molecular complexity index is 611. The maximum atomic E-state index is 5.89. The predicted molar refractivity (Wildman–Crippen MR) is 84.8 cm³/mol. The summed E-state index contributed by atoms with van der Waals surface area (Å²) >= 11 is 0. The minimum atomic E-state index is 0.0718. The molecule has 118 valence electrons. The summed E-state index contributed by atoms with van der Waals surface area (Å²) in [5.74, 6) is 0.924. The van der Waals surface area contributed by atoms with Crippen LogP contribution in [0.4, 0.5) is 0 Å². The second-order valence-electron chi connectivity index (χ2n) is 5.53. The van der Waals surface area contributed by atoms with E-state index in [2.05, 4.69) is 22.5 Å². The summed E-state index contributed by atoms with van der Waals surface area (Å²) < 4.78 is 13.3. The SMILES string of the molecule is CCOc1cccc(CN[C@H]2CCO[C@@H]2c2ccnn2C)c1. The minimum absolute atomic E-state index is 0.0718. The molecular formula is C17H23N3O2. The van der Waals surface area contributed by atoms with Crippen LogP contribution in [-0.2, 0) is 18.3 Å². The first-order chi connectivity index (χ1) is 10.8. The van der Waals surface area contributed by atoms with Crippen LogP contribution in [0.2, 0.25) is 0 Å². The Morgan fingerprint density at radius 2 is 2.32 bits per heavy atom. The van der Waals surface area contributed by atoms with Crippen molar-refractivity contribution < 1.29 is 9.47 Å². The number of ether oxygens (including phenoxy) is 2. The van der Waals surface area contributed by atoms with Crippen LogP contribution in [0.25, 0.3) is 0 Å². The highest BCUT2D eigenvalue weighted by Gasteiger charge is 2.31. The van der Waals surface area contributed by atoms with E-state index in [0.717, 1.165) is 31.0 Å². The number of benzene rings is 1. The fourth-order valence-corrected chi connectivity index (χ4v) is 2.91. The third kappa shape index (κ3) is 3.31. The Hall–Kier alpha value is -1.85. The zero-order valence-electron chi connectivity index (χ0n) is 13.2. The van der Waals surface area contributed by atoms with Gasteiger partial charge in [-0.25, -0.2) is 0 Å². The van der Waals surface area contributed by atoms with Crippen molar-refractivity contribution in [2.45, 2.75) is 32.0 Å². The number of hydrogen-bond acceptors (Lipinski definition) is 4. The van der Waals surface area contributed by atoms with Gasteiger partial charge in [0.1, 0.15) is 11.9 Å². The summed E-state index contributed by atoms with van der Waals surface area (Å²) in [6, 6.07) is 10.6. The Kier molecular flexibility index (Phi) is 4.75. The molecule has 0 amide bonds. The van der Waals surface area contributed by atoms with Crippen molar-refractivity contribution in [3.63, 3.8) is 0 Å². The van der Waals surface area contributed by atoms with Gasteiger partial charge in [0.15, 0.2) is 0 Å². The van der Waals surface area contributed by atoms with Crippen molar-refractivity contribution in [2.24, 2.45) is 7.05 Å². The van der Waals surface area contributed by atoms with Crippen LogP contribution in [0, 0.1) is 0 Å². The van der Waals surface area contributed by atoms with Gasteiger partial charge in [0.2, 0.25) is 0 Å². The van der Waals surface area contributed by atoms with Crippen LogP contribution in [0.3, 0.4) is 0 Å². The lowest BCUT2D eigenvalue weighted by molar-refractivity contribution is 0.0919. The molecule has 2 heterocycles. The van der Waals surface area contributed by atoms with Gasteiger partial charge in [-0.2, -0.15) is 5.10 Å². The molecule has 1 saturated heterocycles. The Morgan fingerprint density at radius 1 is 1.41 bits per heavy atom. The van der Waals surface area contributed by atoms with Gasteiger partial charge in [0, 0.05) is 32.4 Å². The third-order valence-corrected chi connectivity index (χ3v) is 4.02. The van der Waals surface area contributed by atoms with E-state index in [1.807, 2.05) is 43.0 Å². The largest absolute Gasteiger partial charge is 0.494 e. The normalized spacial score (nSPS) is 21.2. The molecule has 0 bridgehead atoms. The summed E-state index contributed by atoms with van der Waals surface area (Å²) in [5, 5.41) is 7.85. The Balaban J connectivity index is 1.63. The highest BCUT2D eigenvalue weighted by atomic mass is 16.5. The van der Waals surface area contributed by atoms with Gasteiger partial charge in [-0.1, -0.05) is 12.1 Å². The standard InChI is InChI=1S/C17H23N3O2/c1-3-21-14-6-4-5-13(11-14)12-18-15-8-10-22-17(15)16-7-9-19-20(16)2/h4-7,9,11,15,17-18H,3,8,10,12H2,1-2H3/t15-,17-/m0/s1. The van der Waals surface area contributed by atoms with Crippen molar-refractivity contribution >= 4 is 0 Å². The molecule has 2 atom stereocenters. The Morgan fingerprint density at radius 3 is 3.09 bits per heavy atom. The highest BCUT2D eigenvalue weighted by Crippen LogP contribution is 2.29. The average molecular weight is 301 g/mol. The number of nitrogens with zero attached hydrogens (tertiary/aromatic N) is 2. The quantitative estimate of drug-likeness (QED) is 0.890. The van der Waals surface area contributed by atoms with Crippen LogP contribution in [0.5, 0.6) is 5.75 Å². The van der Waals surface area contributed by atoms with Gasteiger partial charge in [0.05, 0.1) is 12.3 Å². The molecule has 5 nitrogen and oxygen atoms in total. The molecule has 0 aliphatic carbocycles. The van der Waals surface area contributed by atoms with Crippen molar-refractivity contribution in [2.75, 3.05) is 13.2 Å². The maximum Gasteiger partial charge on any atom is 0.119 e. The van der Waals surface area contributed by atoms with E-state index in [-0.39, 0.29) is 6.10 Å². The fourth-order valence-electron chi connectivity index (χ4n) is 2.91. The molecule has 1 N–H and O–H groups in total. The number of rotatable bonds is 6. The molecular weight excluding hydrogens is 278 g/mol. The molecule has 0 saturated carbocycles. The molecule has 0 spiro atoms. The third-order valence-electron chi connectivity index (χ3n) is 4.02. The first kappa shape index (κ1) is 15.1. The molecule has 0 radical (unpaired) electrons. The molecule has 2 aromatic rings. The summed E-state index contributed by atoms with van der Waals surface area (Å²) in [6.07, 6.45) is 2.91. The highest BCUT2D eigenvalue weighted by molar-refractivity contribution is 5.28. The van der Waals surface area contributed by atoms with Crippen molar-refractivity contribution in [1.29, 1.82) is 0 Å². The monoisotopic (exact) mass is 301 g/mol. The van der Waals surface area contributed by atoms with E-state index in [9.17, 15) is 0 Å². The lowest BCUT2D eigenvalue weighted by Crippen LogP contribution is -2.32. The summed E-state index contributed by atoms with van der Waals surface area (Å²) in [6.45, 7) is 4.28. The minimum Gasteiger partial charge on any atom is -0.494 e. The molecule has 1 aromatic carbocycles. The van der Waals surface area contributed by atoms with E-state index in [1.165, 1.54) is 5.56 Å². The number of aromatic nitrogens is 2. The van der Waals surface area contributed by atoms with Crippen LogP contribution >= 0.6 is 0 Å². The van der Waals surface area contributed by atoms with E-state index < -0.39 is 0 Å².